The topological polar surface area (TPSA) is 29.5 Å². The van der Waals surface area contributed by atoms with Gasteiger partial charge >= 0.3 is 0 Å². The van der Waals surface area contributed by atoms with E-state index in [1.54, 1.807) is 18.2 Å². The number of aliphatic hydroxyl groups is 1. The molecule has 0 aliphatic heterocycles. The normalized spacial score (nSPS) is 12.2. The maximum absolute atomic E-state index is 13.6. The minimum absolute atomic E-state index is 0.160. The van der Waals surface area contributed by atoms with E-state index in [0.717, 1.165) is 5.56 Å². The summed E-state index contributed by atoms with van der Waals surface area (Å²) in [4.78, 5) is 0. The predicted octanol–water partition coefficient (Wildman–Crippen LogP) is 3.97. The van der Waals surface area contributed by atoms with Gasteiger partial charge in [0.1, 0.15) is 6.67 Å². The van der Waals surface area contributed by atoms with Crippen molar-refractivity contribution < 1.29 is 18.6 Å². The summed E-state index contributed by atoms with van der Waals surface area (Å²) in [5.41, 5.74) is 2.17. The number of rotatable bonds is 6. The van der Waals surface area contributed by atoms with Gasteiger partial charge in [-0.15, -0.1) is 0 Å². The molecule has 0 spiro atoms. The molecule has 21 heavy (non-hydrogen) atoms. The fourth-order valence-electron chi connectivity index (χ4n) is 2.15. The first-order valence-corrected chi connectivity index (χ1v) is 6.79. The van der Waals surface area contributed by atoms with Gasteiger partial charge in [-0.1, -0.05) is 30.3 Å². The Labute approximate surface area is 123 Å². The molecule has 0 aromatic heterocycles. The molecule has 0 saturated heterocycles. The van der Waals surface area contributed by atoms with Gasteiger partial charge in [-0.25, -0.2) is 8.78 Å². The summed E-state index contributed by atoms with van der Waals surface area (Å²) in [7, 11) is 1.40. The lowest BCUT2D eigenvalue weighted by molar-refractivity contribution is 0.167. The molecule has 0 aliphatic carbocycles. The largest absolute Gasteiger partial charge is 0.494 e. The first-order valence-electron chi connectivity index (χ1n) is 6.79. The number of methoxy groups -OCH3 is 1. The third-order valence-corrected chi connectivity index (χ3v) is 3.44. The van der Waals surface area contributed by atoms with Crippen LogP contribution < -0.4 is 4.74 Å². The Bertz CT molecular complexity index is 582. The quantitative estimate of drug-likeness (QED) is 0.873. The average molecular weight is 292 g/mol. The second-order valence-electron chi connectivity index (χ2n) is 4.90. The summed E-state index contributed by atoms with van der Waals surface area (Å²) in [5, 5.41) is 10.1. The van der Waals surface area contributed by atoms with Gasteiger partial charge in [0.2, 0.25) is 0 Å². The first-order chi connectivity index (χ1) is 10.1. The molecule has 1 unspecified atom stereocenters. The van der Waals surface area contributed by atoms with Crippen molar-refractivity contribution in [3.63, 3.8) is 0 Å². The summed E-state index contributed by atoms with van der Waals surface area (Å²) >= 11 is 0. The van der Waals surface area contributed by atoms with Gasteiger partial charge < -0.3 is 9.84 Å². The highest BCUT2D eigenvalue weighted by Gasteiger charge is 2.11. The van der Waals surface area contributed by atoms with Crippen LogP contribution in [0.4, 0.5) is 8.78 Å². The number of alkyl halides is 1. The Morgan fingerprint density at radius 2 is 1.76 bits per heavy atom. The number of halogens is 2. The molecule has 0 aliphatic rings. The van der Waals surface area contributed by atoms with E-state index in [9.17, 15) is 13.9 Å². The van der Waals surface area contributed by atoms with Crippen LogP contribution in [0.15, 0.2) is 42.5 Å². The fourth-order valence-corrected chi connectivity index (χ4v) is 2.15. The zero-order valence-electron chi connectivity index (χ0n) is 11.9. The van der Waals surface area contributed by atoms with Gasteiger partial charge in [-0.3, -0.25) is 0 Å². The van der Waals surface area contributed by atoms with Crippen LogP contribution in [0.25, 0.3) is 0 Å². The second-order valence-corrected chi connectivity index (χ2v) is 4.90. The Morgan fingerprint density at radius 3 is 2.33 bits per heavy atom. The van der Waals surface area contributed by atoms with E-state index in [1.807, 2.05) is 12.1 Å². The van der Waals surface area contributed by atoms with Gasteiger partial charge in [0.15, 0.2) is 11.6 Å². The molecule has 1 atom stereocenters. The number of hydrogen-bond acceptors (Lipinski definition) is 2. The Hall–Kier alpha value is -1.94. The molecule has 0 fully saturated rings. The lowest BCUT2D eigenvalue weighted by Crippen LogP contribution is -2.01. The predicted molar refractivity (Wildman–Crippen MR) is 77.5 cm³/mol. The lowest BCUT2D eigenvalue weighted by atomic mass is 10.0. The second kappa shape index (κ2) is 7.18. The minimum Gasteiger partial charge on any atom is -0.494 e. The molecule has 1 N–H and O–H groups in total. The molecule has 2 rings (SSSR count). The highest BCUT2D eigenvalue weighted by atomic mass is 19.1. The number of aliphatic hydroxyl groups excluding tert-OH is 1. The molecule has 0 saturated carbocycles. The van der Waals surface area contributed by atoms with Gasteiger partial charge in [-0.05, 0) is 41.7 Å². The van der Waals surface area contributed by atoms with E-state index in [4.69, 9.17) is 4.74 Å². The van der Waals surface area contributed by atoms with Crippen molar-refractivity contribution in [2.24, 2.45) is 0 Å². The molecule has 0 radical (unpaired) electrons. The zero-order chi connectivity index (χ0) is 15.2. The number of ether oxygens (including phenoxy) is 1. The Kier molecular flexibility index (Phi) is 5.28. The highest BCUT2D eigenvalue weighted by molar-refractivity contribution is 5.30. The molecule has 112 valence electrons. The molecule has 2 aromatic carbocycles. The van der Waals surface area contributed by atoms with Crippen LogP contribution in [0.5, 0.6) is 5.75 Å². The lowest BCUT2D eigenvalue weighted by Gasteiger charge is -2.12. The summed E-state index contributed by atoms with van der Waals surface area (Å²) in [6.07, 6.45) is 0.369. The van der Waals surface area contributed by atoms with Crippen LogP contribution in [-0.4, -0.2) is 12.2 Å². The van der Waals surface area contributed by atoms with Crippen LogP contribution in [0.2, 0.25) is 0 Å². The molecular formula is C17H18F2O2. The number of hydrogen-bond donors (Lipinski definition) is 1. The van der Waals surface area contributed by atoms with Gasteiger partial charge in [0.25, 0.3) is 0 Å². The Balaban J connectivity index is 1.97. The first kappa shape index (κ1) is 15.4. The van der Waals surface area contributed by atoms with Gasteiger partial charge in [0, 0.05) is 0 Å². The maximum atomic E-state index is 13.6. The average Bonchev–Trinajstić information content (AvgIpc) is 2.53. The van der Waals surface area contributed by atoms with Crippen LogP contribution in [0.1, 0.15) is 29.2 Å². The van der Waals surface area contributed by atoms with Crippen molar-refractivity contribution in [1.82, 2.24) is 0 Å². The highest BCUT2D eigenvalue weighted by Crippen LogP contribution is 2.24. The van der Waals surface area contributed by atoms with Gasteiger partial charge in [0.05, 0.1) is 13.2 Å². The smallest absolute Gasteiger partial charge is 0.165 e. The van der Waals surface area contributed by atoms with E-state index in [2.05, 4.69) is 0 Å². The summed E-state index contributed by atoms with van der Waals surface area (Å²) in [6.45, 7) is -0.478. The van der Waals surface area contributed by atoms with Crippen LogP contribution in [0, 0.1) is 5.82 Å². The third-order valence-electron chi connectivity index (χ3n) is 3.44. The Morgan fingerprint density at radius 1 is 1.10 bits per heavy atom. The van der Waals surface area contributed by atoms with Crippen molar-refractivity contribution in [3.8, 4) is 5.75 Å². The molecule has 0 amide bonds. The van der Waals surface area contributed by atoms with Crippen LogP contribution in [0.3, 0.4) is 0 Å². The van der Waals surface area contributed by atoms with E-state index < -0.39 is 18.6 Å². The number of aryl methyl sites for hydroxylation is 1. The van der Waals surface area contributed by atoms with Gasteiger partial charge in [-0.2, -0.15) is 0 Å². The summed E-state index contributed by atoms with van der Waals surface area (Å²) in [5.74, 6) is -0.325. The molecule has 0 bridgehead atoms. The van der Waals surface area contributed by atoms with Crippen molar-refractivity contribution in [1.29, 1.82) is 0 Å². The van der Waals surface area contributed by atoms with Crippen molar-refractivity contribution in [2.45, 2.75) is 25.6 Å². The third kappa shape index (κ3) is 4.02. The van der Waals surface area contributed by atoms with Crippen molar-refractivity contribution in [2.75, 3.05) is 7.11 Å². The van der Waals surface area contributed by atoms with Crippen molar-refractivity contribution in [3.05, 3.63) is 65.0 Å². The monoisotopic (exact) mass is 292 g/mol. The van der Waals surface area contributed by atoms with E-state index in [-0.39, 0.29) is 5.75 Å². The molecule has 0 heterocycles. The molecule has 2 nitrogen and oxygen atoms in total. The molecule has 2 aromatic rings. The maximum Gasteiger partial charge on any atom is 0.165 e. The minimum atomic E-state index is -0.744. The van der Waals surface area contributed by atoms with E-state index in [0.29, 0.717) is 24.0 Å². The summed E-state index contributed by atoms with van der Waals surface area (Å²) in [6, 6.07) is 11.6. The zero-order valence-corrected chi connectivity index (χ0v) is 11.9. The van der Waals surface area contributed by atoms with Crippen molar-refractivity contribution >= 4 is 0 Å². The van der Waals surface area contributed by atoms with Crippen LogP contribution >= 0.6 is 0 Å². The number of benzene rings is 2. The SMILES string of the molecule is COc1ccc(C(O)CCc2ccc(CF)cc2)cc1F. The summed E-state index contributed by atoms with van der Waals surface area (Å²) < 4.78 is 30.8. The van der Waals surface area contributed by atoms with E-state index in [1.165, 1.54) is 19.2 Å². The van der Waals surface area contributed by atoms with E-state index >= 15 is 0 Å². The van der Waals surface area contributed by atoms with Crippen LogP contribution in [-0.2, 0) is 13.1 Å². The molecule has 4 heteroatoms. The fraction of sp³-hybridized carbons (Fsp3) is 0.294. The molecular weight excluding hydrogens is 274 g/mol. The standard InChI is InChI=1S/C17H18F2O2/c1-21-17-9-7-14(10-15(17)19)16(20)8-6-12-2-4-13(11-18)5-3-12/h2-5,7,9-10,16,20H,6,8,11H2,1H3.